The average molecular weight is 215 g/mol. The first-order chi connectivity index (χ1) is 6.83. The summed E-state index contributed by atoms with van der Waals surface area (Å²) in [6, 6.07) is 0. The van der Waals surface area contributed by atoms with Gasteiger partial charge in [0.05, 0.1) is 0 Å². The Balaban J connectivity index is 2.08. The zero-order chi connectivity index (χ0) is 10.3. The summed E-state index contributed by atoms with van der Waals surface area (Å²) >= 11 is 1.95. The van der Waals surface area contributed by atoms with E-state index in [9.17, 15) is 0 Å². The lowest BCUT2D eigenvalue weighted by Crippen LogP contribution is -2.32. The van der Waals surface area contributed by atoms with E-state index in [0.29, 0.717) is 5.41 Å². The van der Waals surface area contributed by atoms with Crippen LogP contribution in [0.15, 0.2) is 0 Å². The number of hydrogen-bond acceptors (Lipinski definition) is 2. The van der Waals surface area contributed by atoms with E-state index >= 15 is 0 Å². The molecule has 0 bridgehead atoms. The zero-order valence-electron chi connectivity index (χ0n) is 9.77. The van der Waals surface area contributed by atoms with E-state index in [4.69, 9.17) is 0 Å². The van der Waals surface area contributed by atoms with Crippen LogP contribution >= 0.6 is 11.8 Å². The summed E-state index contributed by atoms with van der Waals surface area (Å²) in [6.07, 6.45) is 10.7. The van der Waals surface area contributed by atoms with Crippen LogP contribution in [-0.2, 0) is 0 Å². The maximum absolute atomic E-state index is 3.64. The molecule has 0 unspecified atom stereocenters. The van der Waals surface area contributed by atoms with Crippen molar-refractivity contribution in [2.75, 3.05) is 25.1 Å². The van der Waals surface area contributed by atoms with Crippen molar-refractivity contribution in [3.63, 3.8) is 0 Å². The lowest BCUT2D eigenvalue weighted by Gasteiger charge is -2.27. The van der Waals surface area contributed by atoms with Gasteiger partial charge in [-0.1, -0.05) is 19.8 Å². The van der Waals surface area contributed by atoms with Crippen LogP contribution in [0.5, 0.6) is 0 Å². The van der Waals surface area contributed by atoms with E-state index in [1.54, 1.807) is 0 Å². The molecule has 1 aliphatic rings. The van der Waals surface area contributed by atoms with Gasteiger partial charge in [-0.15, -0.1) is 0 Å². The molecule has 2 heteroatoms. The quantitative estimate of drug-likeness (QED) is 0.654. The highest BCUT2D eigenvalue weighted by atomic mass is 32.2. The van der Waals surface area contributed by atoms with Crippen LogP contribution in [-0.4, -0.2) is 25.1 Å². The monoisotopic (exact) mass is 215 g/mol. The fourth-order valence-electron chi connectivity index (χ4n) is 2.48. The van der Waals surface area contributed by atoms with Crippen molar-refractivity contribution in [1.29, 1.82) is 0 Å². The molecule has 0 spiro atoms. The summed E-state index contributed by atoms with van der Waals surface area (Å²) < 4.78 is 0. The molecule has 1 N–H and O–H groups in total. The molecular formula is C12H25NS. The average Bonchev–Trinajstić information content (AvgIpc) is 2.67. The Morgan fingerprint density at radius 2 is 2.00 bits per heavy atom. The van der Waals surface area contributed by atoms with Gasteiger partial charge in [0.2, 0.25) is 0 Å². The standard InChI is InChI=1S/C12H25NS/c1-3-12(7-4-5-8-12)11-13-9-6-10-14-2/h13H,3-11H2,1-2H3. The number of nitrogens with one attached hydrogen (secondary N) is 1. The lowest BCUT2D eigenvalue weighted by molar-refractivity contribution is 0.269. The summed E-state index contributed by atoms with van der Waals surface area (Å²) in [4.78, 5) is 0. The molecule has 0 aromatic carbocycles. The number of hydrogen-bond donors (Lipinski definition) is 1. The van der Waals surface area contributed by atoms with E-state index in [-0.39, 0.29) is 0 Å². The molecule has 0 saturated heterocycles. The SMILES string of the molecule is CCC1(CNCCCSC)CCCC1. The Morgan fingerprint density at radius 3 is 2.57 bits per heavy atom. The highest BCUT2D eigenvalue weighted by molar-refractivity contribution is 7.98. The lowest BCUT2D eigenvalue weighted by atomic mass is 9.83. The second-order valence-corrected chi connectivity index (χ2v) is 5.57. The van der Waals surface area contributed by atoms with Gasteiger partial charge in [-0.2, -0.15) is 11.8 Å². The van der Waals surface area contributed by atoms with Crippen LogP contribution in [0.1, 0.15) is 45.4 Å². The van der Waals surface area contributed by atoms with Gasteiger partial charge in [-0.05, 0) is 49.7 Å². The molecule has 0 radical (unpaired) electrons. The number of thioether (sulfide) groups is 1. The van der Waals surface area contributed by atoms with E-state index in [1.807, 2.05) is 11.8 Å². The minimum Gasteiger partial charge on any atom is -0.316 e. The van der Waals surface area contributed by atoms with Crippen LogP contribution in [0.2, 0.25) is 0 Å². The fourth-order valence-corrected chi connectivity index (χ4v) is 2.91. The Hall–Kier alpha value is 0.310. The number of rotatable bonds is 7. The third kappa shape index (κ3) is 3.82. The van der Waals surface area contributed by atoms with Gasteiger partial charge in [0, 0.05) is 6.54 Å². The van der Waals surface area contributed by atoms with Gasteiger partial charge < -0.3 is 5.32 Å². The van der Waals surface area contributed by atoms with Crippen molar-refractivity contribution >= 4 is 11.8 Å². The minimum absolute atomic E-state index is 0.666. The second kappa shape index (κ2) is 6.73. The molecule has 1 nitrogen and oxygen atoms in total. The molecule has 1 fully saturated rings. The topological polar surface area (TPSA) is 12.0 Å². The van der Waals surface area contributed by atoms with Gasteiger partial charge in [-0.25, -0.2) is 0 Å². The van der Waals surface area contributed by atoms with Gasteiger partial charge >= 0.3 is 0 Å². The molecule has 1 aliphatic carbocycles. The second-order valence-electron chi connectivity index (χ2n) is 4.58. The maximum atomic E-state index is 3.64. The molecule has 0 aliphatic heterocycles. The van der Waals surface area contributed by atoms with E-state index in [1.165, 1.54) is 57.4 Å². The van der Waals surface area contributed by atoms with Crippen molar-refractivity contribution in [3.8, 4) is 0 Å². The van der Waals surface area contributed by atoms with E-state index < -0.39 is 0 Å². The first kappa shape index (κ1) is 12.4. The Labute approximate surface area is 93.4 Å². The molecule has 0 aromatic rings. The van der Waals surface area contributed by atoms with Crippen LogP contribution in [0.3, 0.4) is 0 Å². The third-order valence-electron chi connectivity index (χ3n) is 3.62. The molecule has 84 valence electrons. The van der Waals surface area contributed by atoms with Crippen molar-refractivity contribution in [3.05, 3.63) is 0 Å². The Bertz CT molecular complexity index is 141. The van der Waals surface area contributed by atoms with Crippen molar-refractivity contribution in [1.82, 2.24) is 5.32 Å². The molecule has 0 heterocycles. The maximum Gasteiger partial charge on any atom is 0.000771 e. The van der Waals surface area contributed by atoms with Crippen LogP contribution in [0.25, 0.3) is 0 Å². The predicted molar refractivity (Wildman–Crippen MR) is 67.1 cm³/mol. The molecule has 1 saturated carbocycles. The highest BCUT2D eigenvalue weighted by Crippen LogP contribution is 2.40. The van der Waals surface area contributed by atoms with Crippen LogP contribution in [0, 0.1) is 5.41 Å². The third-order valence-corrected chi connectivity index (χ3v) is 4.31. The highest BCUT2D eigenvalue weighted by Gasteiger charge is 2.30. The Kier molecular flexibility index (Phi) is 5.95. The normalized spacial score (nSPS) is 20.1. The summed E-state index contributed by atoms with van der Waals surface area (Å²) in [5, 5.41) is 3.64. The predicted octanol–water partition coefficient (Wildman–Crippen LogP) is 3.30. The van der Waals surface area contributed by atoms with Crippen molar-refractivity contribution in [2.24, 2.45) is 5.41 Å². The first-order valence-corrected chi connectivity index (χ1v) is 7.42. The fraction of sp³-hybridized carbons (Fsp3) is 1.00. The molecule has 0 atom stereocenters. The van der Waals surface area contributed by atoms with Crippen molar-refractivity contribution in [2.45, 2.75) is 45.4 Å². The summed E-state index contributed by atoms with van der Waals surface area (Å²) in [5.41, 5.74) is 0.666. The summed E-state index contributed by atoms with van der Waals surface area (Å²) in [5.74, 6) is 1.30. The van der Waals surface area contributed by atoms with Crippen molar-refractivity contribution < 1.29 is 0 Å². The summed E-state index contributed by atoms with van der Waals surface area (Å²) in [7, 11) is 0. The van der Waals surface area contributed by atoms with Crippen LogP contribution in [0.4, 0.5) is 0 Å². The minimum atomic E-state index is 0.666. The largest absolute Gasteiger partial charge is 0.316 e. The molecular weight excluding hydrogens is 190 g/mol. The van der Waals surface area contributed by atoms with Gasteiger partial charge in [0.25, 0.3) is 0 Å². The molecule has 0 aromatic heterocycles. The Morgan fingerprint density at radius 1 is 1.29 bits per heavy atom. The van der Waals surface area contributed by atoms with Gasteiger partial charge in [0.15, 0.2) is 0 Å². The first-order valence-electron chi connectivity index (χ1n) is 6.03. The zero-order valence-corrected chi connectivity index (χ0v) is 10.6. The van der Waals surface area contributed by atoms with E-state index in [0.717, 1.165) is 0 Å². The molecule has 0 amide bonds. The smallest absolute Gasteiger partial charge is 0.000771 e. The van der Waals surface area contributed by atoms with Gasteiger partial charge in [0.1, 0.15) is 0 Å². The van der Waals surface area contributed by atoms with E-state index in [2.05, 4.69) is 18.5 Å². The summed E-state index contributed by atoms with van der Waals surface area (Å²) in [6.45, 7) is 4.83. The molecule has 14 heavy (non-hydrogen) atoms. The molecule has 1 rings (SSSR count). The van der Waals surface area contributed by atoms with Gasteiger partial charge in [-0.3, -0.25) is 0 Å². The van der Waals surface area contributed by atoms with Crippen LogP contribution < -0.4 is 5.32 Å².